The fourth-order valence-corrected chi connectivity index (χ4v) is 4.21. The molecule has 0 saturated heterocycles. The van der Waals surface area contributed by atoms with Gasteiger partial charge in [0.2, 0.25) is 10.0 Å². The fourth-order valence-electron chi connectivity index (χ4n) is 3.30. The van der Waals surface area contributed by atoms with E-state index in [1.54, 1.807) is 36.4 Å². The summed E-state index contributed by atoms with van der Waals surface area (Å²) in [5.74, 6) is 0.972. The van der Waals surface area contributed by atoms with E-state index in [2.05, 4.69) is 5.32 Å². The van der Waals surface area contributed by atoms with Gasteiger partial charge in [-0.05, 0) is 48.9 Å². The van der Waals surface area contributed by atoms with Crippen molar-refractivity contribution in [1.82, 2.24) is 0 Å². The number of fused-ring (bicyclic) bond motifs is 1. The first-order valence-corrected chi connectivity index (χ1v) is 11.5. The molecule has 7 nitrogen and oxygen atoms in total. The van der Waals surface area contributed by atoms with Crippen molar-refractivity contribution in [1.29, 1.82) is 0 Å². The number of benzene rings is 3. The van der Waals surface area contributed by atoms with E-state index >= 15 is 0 Å². The Labute approximate surface area is 181 Å². The van der Waals surface area contributed by atoms with Crippen molar-refractivity contribution >= 4 is 27.3 Å². The van der Waals surface area contributed by atoms with Crippen LogP contribution in [0.25, 0.3) is 0 Å². The van der Waals surface area contributed by atoms with Gasteiger partial charge in [-0.15, -0.1) is 0 Å². The first-order valence-electron chi connectivity index (χ1n) is 9.69. The van der Waals surface area contributed by atoms with Crippen LogP contribution in [0.4, 0.5) is 11.4 Å². The van der Waals surface area contributed by atoms with E-state index < -0.39 is 22.0 Å². The van der Waals surface area contributed by atoms with Gasteiger partial charge in [-0.2, -0.15) is 0 Å². The molecule has 8 heteroatoms. The molecule has 1 aliphatic heterocycles. The molecule has 31 heavy (non-hydrogen) atoms. The highest BCUT2D eigenvalue weighted by molar-refractivity contribution is 7.92. The molecule has 1 unspecified atom stereocenters. The van der Waals surface area contributed by atoms with Gasteiger partial charge in [0.05, 0.1) is 24.2 Å². The molecular weight excluding hydrogens is 416 g/mol. The number of carbonyl (C=O) groups excluding carboxylic acids is 1. The van der Waals surface area contributed by atoms with Crippen LogP contribution in [0.3, 0.4) is 0 Å². The second-order valence-electron chi connectivity index (χ2n) is 7.27. The van der Waals surface area contributed by atoms with Crippen molar-refractivity contribution in [3.05, 3.63) is 78.4 Å². The normalized spacial score (nSPS) is 15.5. The Hall–Kier alpha value is -3.52. The van der Waals surface area contributed by atoms with Crippen molar-refractivity contribution < 1.29 is 22.7 Å². The Bertz CT molecular complexity index is 1210. The number of amides is 1. The van der Waals surface area contributed by atoms with Crippen LogP contribution in [-0.4, -0.2) is 33.2 Å². The van der Waals surface area contributed by atoms with E-state index in [9.17, 15) is 13.2 Å². The molecule has 0 aliphatic carbocycles. The lowest BCUT2D eigenvalue weighted by atomic mass is 10.1. The molecule has 0 saturated carbocycles. The quantitative estimate of drug-likeness (QED) is 0.652. The highest BCUT2D eigenvalue weighted by Crippen LogP contribution is 2.36. The molecule has 1 aliphatic rings. The van der Waals surface area contributed by atoms with E-state index in [4.69, 9.17) is 9.47 Å². The maximum atomic E-state index is 13.0. The van der Waals surface area contributed by atoms with Crippen molar-refractivity contribution in [2.75, 3.05) is 22.4 Å². The number of aryl methyl sites for hydroxylation is 1. The maximum absolute atomic E-state index is 13.0. The largest absolute Gasteiger partial charge is 0.476 e. The molecule has 1 N–H and O–H groups in total. The van der Waals surface area contributed by atoms with Gasteiger partial charge in [0.15, 0.2) is 11.9 Å². The molecule has 0 radical (unpaired) electrons. The third-order valence-corrected chi connectivity index (χ3v) is 5.94. The standard InChI is InChI=1S/C23H22N2O5S/c1-16-12-13-21-19(14-16)25(31(2,27)28)15-22(30-21)23(26)24-18-10-6-7-11-20(18)29-17-8-4-3-5-9-17/h3-14,22H,15H2,1-2H3,(H,24,26). The monoisotopic (exact) mass is 438 g/mol. The van der Waals surface area contributed by atoms with Gasteiger partial charge >= 0.3 is 0 Å². The molecular formula is C23H22N2O5S. The summed E-state index contributed by atoms with van der Waals surface area (Å²) in [4.78, 5) is 13.0. The molecule has 1 amide bonds. The lowest BCUT2D eigenvalue weighted by Gasteiger charge is -2.34. The molecule has 0 bridgehead atoms. The average Bonchev–Trinajstić information content (AvgIpc) is 2.74. The Morgan fingerprint density at radius 3 is 2.52 bits per heavy atom. The van der Waals surface area contributed by atoms with E-state index in [1.807, 2.05) is 43.3 Å². The molecule has 3 aromatic rings. The van der Waals surface area contributed by atoms with Crippen molar-refractivity contribution in [2.24, 2.45) is 0 Å². The summed E-state index contributed by atoms with van der Waals surface area (Å²) in [5, 5.41) is 2.80. The first-order chi connectivity index (χ1) is 14.8. The minimum absolute atomic E-state index is 0.122. The lowest BCUT2D eigenvalue weighted by molar-refractivity contribution is -0.122. The van der Waals surface area contributed by atoms with Crippen LogP contribution in [0.5, 0.6) is 17.2 Å². The third kappa shape index (κ3) is 4.64. The number of rotatable bonds is 5. The zero-order chi connectivity index (χ0) is 22.0. The van der Waals surface area contributed by atoms with E-state index in [-0.39, 0.29) is 6.54 Å². The van der Waals surface area contributed by atoms with Gasteiger partial charge in [-0.3, -0.25) is 9.10 Å². The number of anilines is 2. The van der Waals surface area contributed by atoms with Gasteiger partial charge in [-0.25, -0.2) is 8.42 Å². The summed E-state index contributed by atoms with van der Waals surface area (Å²) in [6, 6.07) is 21.5. The summed E-state index contributed by atoms with van der Waals surface area (Å²) in [6.45, 7) is 1.74. The molecule has 0 spiro atoms. The summed E-state index contributed by atoms with van der Waals surface area (Å²) >= 11 is 0. The van der Waals surface area contributed by atoms with Crippen molar-refractivity contribution in [3.63, 3.8) is 0 Å². The first kappa shape index (κ1) is 20.7. The lowest BCUT2D eigenvalue weighted by Crippen LogP contribution is -2.48. The predicted octanol–water partition coefficient (Wildman–Crippen LogP) is 3.95. The van der Waals surface area contributed by atoms with E-state index in [1.165, 1.54) is 4.31 Å². The van der Waals surface area contributed by atoms with Crippen LogP contribution in [-0.2, 0) is 14.8 Å². The molecule has 3 aromatic carbocycles. The molecule has 0 aromatic heterocycles. The van der Waals surface area contributed by atoms with Crippen molar-refractivity contribution in [3.8, 4) is 17.2 Å². The summed E-state index contributed by atoms with van der Waals surface area (Å²) in [6.07, 6.45) is 0.0947. The van der Waals surface area contributed by atoms with Gasteiger partial charge in [0.25, 0.3) is 5.91 Å². The summed E-state index contributed by atoms with van der Waals surface area (Å²) in [5.41, 5.74) is 1.78. The van der Waals surface area contributed by atoms with Crippen LogP contribution >= 0.6 is 0 Å². The number of hydrogen-bond acceptors (Lipinski definition) is 5. The van der Waals surface area contributed by atoms with E-state index in [0.717, 1.165) is 11.8 Å². The topological polar surface area (TPSA) is 84.9 Å². The van der Waals surface area contributed by atoms with Crippen LogP contribution in [0.1, 0.15) is 5.56 Å². The predicted molar refractivity (Wildman–Crippen MR) is 119 cm³/mol. The highest BCUT2D eigenvalue weighted by atomic mass is 32.2. The SMILES string of the molecule is Cc1ccc2c(c1)N(S(C)(=O)=O)CC(C(=O)Nc1ccccc1Oc1ccccc1)O2. The second-order valence-corrected chi connectivity index (χ2v) is 9.18. The number of sulfonamides is 1. The Morgan fingerprint density at radius 1 is 1.06 bits per heavy atom. The number of hydrogen-bond donors (Lipinski definition) is 1. The Morgan fingerprint density at radius 2 is 1.77 bits per heavy atom. The Balaban J connectivity index is 1.58. The molecule has 160 valence electrons. The number of para-hydroxylation sites is 3. The number of nitrogens with zero attached hydrogens (tertiary/aromatic N) is 1. The van der Waals surface area contributed by atoms with Crippen molar-refractivity contribution in [2.45, 2.75) is 13.0 Å². The smallest absolute Gasteiger partial charge is 0.267 e. The molecule has 0 fully saturated rings. The highest BCUT2D eigenvalue weighted by Gasteiger charge is 2.35. The number of ether oxygens (including phenoxy) is 2. The second kappa shape index (κ2) is 8.31. The molecule has 4 rings (SSSR count). The number of carbonyl (C=O) groups is 1. The van der Waals surface area contributed by atoms with E-state index in [0.29, 0.717) is 28.6 Å². The van der Waals surface area contributed by atoms with Crippen LogP contribution in [0.2, 0.25) is 0 Å². The minimum Gasteiger partial charge on any atom is -0.476 e. The average molecular weight is 439 g/mol. The Kier molecular flexibility index (Phi) is 5.56. The van der Waals surface area contributed by atoms with Crippen LogP contribution < -0.4 is 19.1 Å². The van der Waals surface area contributed by atoms with Gasteiger partial charge < -0.3 is 14.8 Å². The van der Waals surface area contributed by atoms with Crippen LogP contribution in [0, 0.1) is 6.92 Å². The van der Waals surface area contributed by atoms with Gasteiger partial charge in [0, 0.05) is 0 Å². The van der Waals surface area contributed by atoms with Gasteiger partial charge in [0.1, 0.15) is 11.5 Å². The molecule has 1 heterocycles. The third-order valence-electron chi connectivity index (χ3n) is 4.79. The number of nitrogens with one attached hydrogen (secondary N) is 1. The fraction of sp³-hybridized carbons (Fsp3) is 0.174. The zero-order valence-corrected chi connectivity index (χ0v) is 17.9. The summed E-state index contributed by atoms with van der Waals surface area (Å²) in [7, 11) is -3.60. The molecule has 1 atom stereocenters. The summed E-state index contributed by atoms with van der Waals surface area (Å²) < 4.78 is 37.7. The zero-order valence-electron chi connectivity index (χ0n) is 17.1. The van der Waals surface area contributed by atoms with Gasteiger partial charge in [-0.1, -0.05) is 36.4 Å². The maximum Gasteiger partial charge on any atom is 0.267 e. The van der Waals surface area contributed by atoms with Crippen LogP contribution in [0.15, 0.2) is 72.8 Å². The minimum atomic E-state index is -3.60.